The van der Waals surface area contributed by atoms with E-state index in [1.165, 1.54) is 35.0 Å². The summed E-state index contributed by atoms with van der Waals surface area (Å²) in [6, 6.07) is 15.8. The fourth-order valence-corrected chi connectivity index (χ4v) is 3.90. The Balaban J connectivity index is 1.69. The van der Waals surface area contributed by atoms with E-state index in [4.69, 9.17) is 28.9 Å². The third-order valence-electron chi connectivity index (χ3n) is 5.07. The molecule has 0 spiro atoms. The average Bonchev–Trinajstić information content (AvgIpc) is 3.27. The van der Waals surface area contributed by atoms with E-state index < -0.39 is 17.6 Å². The number of nitrogens with zero attached hydrogens (tertiary/aromatic N) is 3. The van der Waals surface area contributed by atoms with Gasteiger partial charge in [-0.15, -0.1) is 0 Å². The van der Waals surface area contributed by atoms with Crippen LogP contribution in [-0.4, -0.2) is 39.2 Å². The second kappa shape index (κ2) is 10.9. The lowest BCUT2D eigenvalue weighted by molar-refractivity contribution is 0.0945. The molecule has 0 bridgehead atoms. The number of hydrogen-bond donors (Lipinski definition) is 3. The van der Waals surface area contributed by atoms with Gasteiger partial charge in [-0.05, 0) is 43.3 Å². The first-order chi connectivity index (χ1) is 17.2. The van der Waals surface area contributed by atoms with Crippen molar-refractivity contribution in [1.29, 1.82) is 0 Å². The molecule has 2 heterocycles. The van der Waals surface area contributed by atoms with Crippen LogP contribution in [0.3, 0.4) is 0 Å². The van der Waals surface area contributed by atoms with Crippen molar-refractivity contribution in [2.24, 2.45) is 5.73 Å². The van der Waals surface area contributed by atoms with Gasteiger partial charge in [-0.25, -0.2) is 9.07 Å². The number of nitrogens with one attached hydrogen (secondary N) is 2. The van der Waals surface area contributed by atoms with Gasteiger partial charge in [0.05, 0.1) is 33.2 Å². The highest BCUT2D eigenvalue weighted by atomic mass is 35.5. The maximum absolute atomic E-state index is 13.3. The maximum Gasteiger partial charge on any atom is 0.271 e. The van der Waals surface area contributed by atoms with E-state index >= 15 is 0 Å². The number of aromatic nitrogens is 3. The highest BCUT2D eigenvalue weighted by Crippen LogP contribution is 2.32. The minimum atomic E-state index is -0.570. The maximum atomic E-state index is 13.3. The van der Waals surface area contributed by atoms with E-state index in [1.54, 1.807) is 31.2 Å². The van der Waals surface area contributed by atoms with E-state index in [0.717, 1.165) is 6.20 Å². The molecular formula is C25H21Cl2FN6O2. The molecule has 184 valence electrons. The number of amides is 2. The Morgan fingerprint density at radius 1 is 1.06 bits per heavy atom. The molecule has 1 atom stereocenters. The quantitative estimate of drug-likeness (QED) is 0.322. The Hall–Kier alpha value is -3.79. The molecule has 2 aromatic carbocycles. The van der Waals surface area contributed by atoms with Crippen molar-refractivity contribution in [2.75, 3.05) is 11.9 Å². The van der Waals surface area contributed by atoms with Gasteiger partial charge in [-0.3, -0.25) is 14.6 Å². The summed E-state index contributed by atoms with van der Waals surface area (Å²) in [5, 5.41) is 10.2. The molecule has 11 heteroatoms. The highest BCUT2D eigenvalue weighted by molar-refractivity contribution is 6.38. The van der Waals surface area contributed by atoms with Crippen LogP contribution in [0.2, 0.25) is 10.0 Å². The largest absolute Gasteiger partial charge is 0.349 e. The fourth-order valence-electron chi connectivity index (χ4n) is 3.33. The van der Waals surface area contributed by atoms with Crippen molar-refractivity contribution in [3.05, 3.63) is 94.0 Å². The zero-order chi connectivity index (χ0) is 25.8. The number of para-hydroxylation sites is 1. The SMILES string of the molecule is C[C@@H](N)CNC(=O)c1cc(NC(=O)c2cc(-c3ccc(F)cn3)c(Cl)cc2Cl)n(-c2ccccc2)n1. The zero-order valence-electron chi connectivity index (χ0n) is 19.0. The molecule has 0 radical (unpaired) electrons. The molecule has 0 aliphatic heterocycles. The van der Waals surface area contributed by atoms with Gasteiger partial charge in [0.15, 0.2) is 5.69 Å². The standard InChI is InChI=1S/C25H21Cl2FN6O2/c1-14(29)12-31-25(36)22-11-23(34(33-22)16-5-3-2-4-6-16)32-24(35)18-9-17(19(26)10-20(18)27)21-8-7-15(28)13-30-21/h2-11,13-14H,12,29H2,1H3,(H,31,36)(H,32,35)/t14-/m1/s1. The number of nitrogens with two attached hydrogens (primary N) is 1. The van der Waals surface area contributed by atoms with Gasteiger partial charge in [0, 0.05) is 24.2 Å². The molecular weight excluding hydrogens is 506 g/mol. The molecule has 0 aliphatic carbocycles. The molecule has 0 saturated heterocycles. The van der Waals surface area contributed by atoms with Crippen molar-refractivity contribution < 1.29 is 14.0 Å². The molecule has 8 nitrogen and oxygen atoms in total. The van der Waals surface area contributed by atoms with Gasteiger partial charge in [-0.2, -0.15) is 5.10 Å². The van der Waals surface area contributed by atoms with Crippen LogP contribution in [0, 0.1) is 5.82 Å². The monoisotopic (exact) mass is 526 g/mol. The fraction of sp³-hybridized carbons (Fsp3) is 0.120. The lowest BCUT2D eigenvalue weighted by atomic mass is 10.1. The molecule has 4 rings (SSSR count). The number of benzene rings is 2. The Morgan fingerprint density at radius 2 is 1.81 bits per heavy atom. The van der Waals surface area contributed by atoms with Crippen LogP contribution in [0.15, 0.2) is 66.9 Å². The molecule has 0 fully saturated rings. The van der Waals surface area contributed by atoms with Crippen LogP contribution in [0.5, 0.6) is 0 Å². The van der Waals surface area contributed by atoms with Gasteiger partial charge in [0.2, 0.25) is 0 Å². The van der Waals surface area contributed by atoms with E-state index in [1.807, 2.05) is 6.07 Å². The van der Waals surface area contributed by atoms with Gasteiger partial charge in [0.1, 0.15) is 11.6 Å². The number of anilines is 1. The summed E-state index contributed by atoms with van der Waals surface area (Å²) in [4.78, 5) is 29.9. The number of halogens is 3. The van der Waals surface area contributed by atoms with Crippen LogP contribution in [0.25, 0.3) is 16.9 Å². The molecule has 0 saturated carbocycles. The Bertz CT molecular complexity index is 1410. The minimum absolute atomic E-state index is 0.0909. The predicted octanol–water partition coefficient (Wildman–Crippen LogP) is 4.71. The van der Waals surface area contributed by atoms with E-state index in [0.29, 0.717) is 16.9 Å². The summed E-state index contributed by atoms with van der Waals surface area (Å²) in [5.74, 6) is -1.27. The third-order valence-corrected chi connectivity index (χ3v) is 5.70. The average molecular weight is 527 g/mol. The van der Waals surface area contributed by atoms with E-state index in [-0.39, 0.29) is 39.7 Å². The van der Waals surface area contributed by atoms with Gasteiger partial charge >= 0.3 is 0 Å². The third kappa shape index (κ3) is 5.71. The molecule has 0 unspecified atom stereocenters. The summed E-state index contributed by atoms with van der Waals surface area (Å²) < 4.78 is 14.8. The number of hydrogen-bond acceptors (Lipinski definition) is 5. The van der Waals surface area contributed by atoms with Gasteiger partial charge in [-0.1, -0.05) is 41.4 Å². The summed E-state index contributed by atoms with van der Waals surface area (Å²) >= 11 is 12.7. The highest BCUT2D eigenvalue weighted by Gasteiger charge is 2.21. The lowest BCUT2D eigenvalue weighted by Crippen LogP contribution is -2.35. The van der Waals surface area contributed by atoms with Crippen LogP contribution < -0.4 is 16.4 Å². The molecule has 2 amide bonds. The van der Waals surface area contributed by atoms with Gasteiger partial charge in [0.25, 0.3) is 11.8 Å². The molecule has 4 aromatic rings. The molecule has 36 heavy (non-hydrogen) atoms. The van der Waals surface area contributed by atoms with Crippen molar-refractivity contribution >= 4 is 40.8 Å². The number of rotatable bonds is 7. The lowest BCUT2D eigenvalue weighted by Gasteiger charge is -2.12. The predicted molar refractivity (Wildman–Crippen MR) is 137 cm³/mol. The van der Waals surface area contributed by atoms with Crippen molar-refractivity contribution in [1.82, 2.24) is 20.1 Å². The Labute approximate surface area is 216 Å². The summed E-state index contributed by atoms with van der Waals surface area (Å²) in [5.41, 5.74) is 7.31. The van der Waals surface area contributed by atoms with Crippen LogP contribution >= 0.6 is 23.2 Å². The van der Waals surface area contributed by atoms with Gasteiger partial charge < -0.3 is 16.4 Å². The second-order valence-corrected chi connectivity index (χ2v) is 8.79. The minimum Gasteiger partial charge on any atom is -0.349 e. The number of carbonyl (C=O) groups is 2. The summed E-state index contributed by atoms with van der Waals surface area (Å²) in [7, 11) is 0. The topological polar surface area (TPSA) is 115 Å². The Kier molecular flexibility index (Phi) is 7.64. The van der Waals surface area contributed by atoms with E-state index in [9.17, 15) is 14.0 Å². The second-order valence-electron chi connectivity index (χ2n) is 7.98. The summed E-state index contributed by atoms with van der Waals surface area (Å²) in [6.45, 7) is 2.03. The zero-order valence-corrected chi connectivity index (χ0v) is 20.5. The number of pyridine rings is 1. The first kappa shape index (κ1) is 25.3. The molecule has 2 aromatic heterocycles. The summed E-state index contributed by atoms with van der Waals surface area (Å²) in [6.07, 6.45) is 1.05. The van der Waals surface area contributed by atoms with Crippen molar-refractivity contribution in [3.8, 4) is 16.9 Å². The van der Waals surface area contributed by atoms with Crippen LogP contribution in [-0.2, 0) is 0 Å². The normalized spacial score (nSPS) is 11.7. The molecule has 0 aliphatic rings. The Morgan fingerprint density at radius 3 is 2.47 bits per heavy atom. The molecule has 4 N–H and O–H groups in total. The first-order valence-electron chi connectivity index (χ1n) is 10.8. The van der Waals surface area contributed by atoms with E-state index in [2.05, 4.69) is 20.7 Å². The van der Waals surface area contributed by atoms with Crippen LogP contribution in [0.4, 0.5) is 10.2 Å². The van der Waals surface area contributed by atoms with Crippen molar-refractivity contribution in [3.63, 3.8) is 0 Å². The van der Waals surface area contributed by atoms with Crippen LogP contribution in [0.1, 0.15) is 27.8 Å². The number of carbonyl (C=O) groups excluding carboxylic acids is 2. The first-order valence-corrected chi connectivity index (χ1v) is 11.6. The van der Waals surface area contributed by atoms with Crippen molar-refractivity contribution in [2.45, 2.75) is 13.0 Å². The smallest absolute Gasteiger partial charge is 0.271 e.